The molecule has 0 spiro atoms. The molecule has 0 atom stereocenters. The van der Waals surface area contributed by atoms with E-state index in [1.807, 2.05) is 6.92 Å². The number of carboxylic acid groups (broad SMARTS) is 1. The predicted octanol–water partition coefficient (Wildman–Crippen LogP) is 1.46. The number of aryl methyl sites for hydroxylation is 1. The number of sulfone groups is 1. The monoisotopic (exact) mass is 313 g/mol. The second kappa shape index (κ2) is 6.26. The fraction of sp³-hybridized carbons (Fsp3) is 0.429. The van der Waals surface area contributed by atoms with Gasteiger partial charge in [0, 0.05) is 5.69 Å². The van der Waals surface area contributed by atoms with Crippen molar-refractivity contribution in [3.8, 4) is 0 Å². The average molecular weight is 313 g/mol. The lowest BCUT2D eigenvalue weighted by atomic mass is 9.97. The highest BCUT2D eigenvalue weighted by atomic mass is 32.2. The van der Waals surface area contributed by atoms with Crippen LogP contribution in [0.3, 0.4) is 0 Å². The Morgan fingerprint density at radius 1 is 1.19 bits per heavy atom. The largest absolute Gasteiger partial charge is 0.481 e. The molecular weight excluding hydrogens is 294 g/mol. The lowest BCUT2D eigenvalue weighted by Gasteiger charge is -2.18. The third kappa shape index (κ3) is 5.55. The number of benzene rings is 1. The summed E-state index contributed by atoms with van der Waals surface area (Å²) in [6.07, 6.45) is 0. The number of carbonyl (C=O) groups is 2. The molecule has 116 valence electrons. The summed E-state index contributed by atoms with van der Waals surface area (Å²) in [5.41, 5.74) is 0.0882. The number of aliphatic carboxylic acids is 1. The average Bonchev–Trinajstić information content (AvgIpc) is 2.29. The van der Waals surface area contributed by atoms with Crippen LogP contribution in [0.25, 0.3) is 0 Å². The number of rotatable bonds is 6. The van der Waals surface area contributed by atoms with Crippen molar-refractivity contribution in [3.05, 3.63) is 29.8 Å². The Hall–Kier alpha value is -1.89. The zero-order valence-electron chi connectivity index (χ0n) is 12.2. The molecule has 0 aliphatic rings. The lowest BCUT2D eigenvalue weighted by Crippen LogP contribution is -2.35. The fourth-order valence-electron chi connectivity index (χ4n) is 1.70. The number of carbonyl (C=O) groups excluding carboxylic acids is 1. The summed E-state index contributed by atoms with van der Waals surface area (Å²) < 4.78 is 23.8. The van der Waals surface area contributed by atoms with Gasteiger partial charge in [0.25, 0.3) is 0 Å². The zero-order valence-corrected chi connectivity index (χ0v) is 13.0. The van der Waals surface area contributed by atoms with Gasteiger partial charge >= 0.3 is 5.97 Å². The van der Waals surface area contributed by atoms with Crippen molar-refractivity contribution in [2.24, 2.45) is 5.41 Å². The Labute approximate surface area is 124 Å². The maximum absolute atomic E-state index is 11.9. The number of carboxylic acids is 1. The Bertz CT molecular complexity index is 632. The van der Waals surface area contributed by atoms with Crippen LogP contribution in [0.1, 0.15) is 19.4 Å². The number of hydrogen-bond acceptors (Lipinski definition) is 4. The summed E-state index contributed by atoms with van der Waals surface area (Å²) in [7, 11) is -3.80. The first-order valence-corrected chi connectivity index (χ1v) is 8.14. The highest BCUT2D eigenvalue weighted by molar-refractivity contribution is 7.92. The summed E-state index contributed by atoms with van der Waals surface area (Å²) in [4.78, 5) is 22.7. The molecule has 1 aromatic rings. The fourth-order valence-corrected chi connectivity index (χ4v) is 3.49. The van der Waals surface area contributed by atoms with E-state index in [0.29, 0.717) is 5.69 Å². The van der Waals surface area contributed by atoms with Crippen LogP contribution >= 0.6 is 0 Å². The second-order valence-electron chi connectivity index (χ2n) is 5.64. The van der Waals surface area contributed by atoms with Crippen LogP contribution in [0.4, 0.5) is 5.69 Å². The van der Waals surface area contributed by atoms with E-state index in [2.05, 4.69) is 5.32 Å². The molecule has 1 rings (SSSR count). The number of hydrogen-bond donors (Lipinski definition) is 2. The van der Waals surface area contributed by atoms with Crippen molar-refractivity contribution in [2.45, 2.75) is 20.8 Å². The molecule has 0 aliphatic heterocycles. The molecule has 7 heteroatoms. The van der Waals surface area contributed by atoms with Crippen molar-refractivity contribution in [1.29, 1.82) is 0 Å². The van der Waals surface area contributed by atoms with Crippen LogP contribution in [0.2, 0.25) is 0 Å². The van der Waals surface area contributed by atoms with E-state index < -0.39 is 38.6 Å². The molecule has 0 radical (unpaired) electrons. The first kappa shape index (κ1) is 17.2. The van der Waals surface area contributed by atoms with E-state index in [1.165, 1.54) is 13.8 Å². The molecule has 0 aromatic heterocycles. The zero-order chi connectivity index (χ0) is 16.3. The minimum absolute atomic E-state index is 0.498. The van der Waals surface area contributed by atoms with Gasteiger partial charge in [-0.25, -0.2) is 8.42 Å². The first-order valence-electron chi connectivity index (χ1n) is 6.32. The number of amides is 1. The molecule has 0 fully saturated rings. The molecule has 1 aromatic carbocycles. The standard InChI is InChI=1S/C14H19NO5S/c1-10-4-6-11(7-5-10)15-12(16)8-21(19,20)9-14(2,3)13(17)18/h4-7H,8-9H2,1-3H3,(H,15,16)(H,17,18). The smallest absolute Gasteiger partial charge is 0.310 e. The summed E-state index contributed by atoms with van der Waals surface area (Å²) in [6, 6.07) is 6.91. The Kier molecular flexibility index (Phi) is 5.11. The summed E-state index contributed by atoms with van der Waals surface area (Å²) in [6.45, 7) is 4.51. The molecule has 0 saturated carbocycles. The molecule has 2 N–H and O–H groups in total. The molecule has 0 saturated heterocycles. The summed E-state index contributed by atoms with van der Waals surface area (Å²) in [5, 5.41) is 11.4. The quantitative estimate of drug-likeness (QED) is 0.828. The maximum Gasteiger partial charge on any atom is 0.310 e. The highest BCUT2D eigenvalue weighted by Gasteiger charge is 2.34. The minimum Gasteiger partial charge on any atom is -0.481 e. The molecular formula is C14H19NO5S. The highest BCUT2D eigenvalue weighted by Crippen LogP contribution is 2.18. The first-order chi connectivity index (χ1) is 9.52. The topological polar surface area (TPSA) is 101 Å². The van der Waals surface area contributed by atoms with E-state index in [-0.39, 0.29) is 0 Å². The van der Waals surface area contributed by atoms with E-state index in [4.69, 9.17) is 5.11 Å². The third-order valence-corrected chi connectivity index (χ3v) is 4.71. The van der Waals surface area contributed by atoms with Gasteiger partial charge in [0.1, 0.15) is 5.75 Å². The molecule has 0 unspecified atom stereocenters. The van der Waals surface area contributed by atoms with Crippen molar-refractivity contribution in [1.82, 2.24) is 0 Å². The van der Waals surface area contributed by atoms with Crippen LogP contribution in [0.5, 0.6) is 0 Å². The molecule has 0 heterocycles. The van der Waals surface area contributed by atoms with Gasteiger partial charge in [-0.3, -0.25) is 9.59 Å². The van der Waals surface area contributed by atoms with Crippen LogP contribution in [-0.4, -0.2) is 36.9 Å². The van der Waals surface area contributed by atoms with Gasteiger partial charge < -0.3 is 10.4 Å². The van der Waals surface area contributed by atoms with Crippen LogP contribution in [0.15, 0.2) is 24.3 Å². The van der Waals surface area contributed by atoms with Gasteiger partial charge in [-0.15, -0.1) is 0 Å². The van der Waals surface area contributed by atoms with Gasteiger partial charge in [0.05, 0.1) is 11.2 Å². The van der Waals surface area contributed by atoms with E-state index in [0.717, 1.165) is 5.56 Å². The minimum atomic E-state index is -3.80. The second-order valence-corrected chi connectivity index (χ2v) is 7.70. The predicted molar refractivity (Wildman–Crippen MR) is 79.9 cm³/mol. The van der Waals surface area contributed by atoms with E-state index in [9.17, 15) is 18.0 Å². The normalized spacial score (nSPS) is 12.0. The lowest BCUT2D eigenvalue weighted by molar-refractivity contribution is -0.145. The Balaban J connectivity index is 2.69. The number of anilines is 1. The molecule has 0 bridgehead atoms. The third-order valence-electron chi connectivity index (χ3n) is 2.85. The van der Waals surface area contributed by atoms with Crippen LogP contribution in [-0.2, 0) is 19.4 Å². The number of nitrogens with one attached hydrogen (secondary N) is 1. The van der Waals surface area contributed by atoms with Gasteiger partial charge in [0.2, 0.25) is 5.91 Å². The van der Waals surface area contributed by atoms with Gasteiger partial charge in [-0.05, 0) is 32.9 Å². The van der Waals surface area contributed by atoms with Gasteiger partial charge in [-0.2, -0.15) is 0 Å². The van der Waals surface area contributed by atoms with Gasteiger partial charge in [-0.1, -0.05) is 17.7 Å². The molecule has 0 aliphatic carbocycles. The SMILES string of the molecule is Cc1ccc(NC(=O)CS(=O)(=O)CC(C)(C)C(=O)O)cc1. The Morgan fingerprint density at radius 3 is 2.19 bits per heavy atom. The summed E-state index contributed by atoms with van der Waals surface area (Å²) in [5.74, 6) is -3.22. The van der Waals surface area contributed by atoms with E-state index >= 15 is 0 Å². The Morgan fingerprint density at radius 2 is 1.71 bits per heavy atom. The van der Waals surface area contributed by atoms with E-state index in [1.54, 1.807) is 24.3 Å². The maximum atomic E-state index is 11.9. The molecule has 6 nitrogen and oxygen atoms in total. The van der Waals surface area contributed by atoms with Crippen molar-refractivity contribution < 1.29 is 23.1 Å². The van der Waals surface area contributed by atoms with Crippen molar-refractivity contribution >= 4 is 27.4 Å². The van der Waals surface area contributed by atoms with Gasteiger partial charge in [0.15, 0.2) is 9.84 Å². The molecule has 1 amide bonds. The van der Waals surface area contributed by atoms with Crippen molar-refractivity contribution in [2.75, 3.05) is 16.8 Å². The van der Waals surface area contributed by atoms with Crippen LogP contribution < -0.4 is 5.32 Å². The molecule has 21 heavy (non-hydrogen) atoms. The summed E-state index contributed by atoms with van der Waals surface area (Å²) >= 11 is 0. The van der Waals surface area contributed by atoms with Crippen molar-refractivity contribution in [3.63, 3.8) is 0 Å². The van der Waals surface area contributed by atoms with Crippen LogP contribution in [0, 0.1) is 12.3 Å².